The molecule has 2 rings (SSSR count). The summed E-state index contributed by atoms with van der Waals surface area (Å²) in [4.78, 5) is 0. The van der Waals surface area contributed by atoms with E-state index in [0.29, 0.717) is 12.5 Å². The summed E-state index contributed by atoms with van der Waals surface area (Å²) in [5.41, 5.74) is 2.55. The van der Waals surface area contributed by atoms with Crippen LogP contribution in [0.4, 0.5) is 0 Å². The zero-order chi connectivity index (χ0) is 13.0. The maximum atomic E-state index is 5.72. The summed E-state index contributed by atoms with van der Waals surface area (Å²) in [7, 11) is 1.93. The molecule has 0 bridgehead atoms. The summed E-state index contributed by atoms with van der Waals surface area (Å²) in [5, 5.41) is 4.13. The number of aromatic nitrogens is 2. The average molecular weight is 244 g/mol. The molecule has 0 spiro atoms. The Morgan fingerprint density at radius 3 is 2.50 bits per heavy atom. The van der Waals surface area contributed by atoms with Gasteiger partial charge in [0.1, 0.15) is 5.75 Å². The molecular weight excluding hydrogens is 224 g/mol. The van der Waals surface area contributed by atoms with Crippen molar-refractivity contribution in [2.24, 2.45) is 7.05 Å². The molecule has 1 heterocycles. The van der Waals surface area contributed by atoms with E-state index in [1.165, 1.54) is 11.1 Å². The highest BCUT2D eigenvalue weighted by Crippen LogP contribution is 2.18. The largest absolute Gasteiger partial charge is 0.493 e. The van der Waals surface area contributed by atoms with Crippen LogP contribution in [0.2, 0.25) is 0 Å². The maximum absolute atomic E-state index is 5.72. The third-order valence-electron chi connectivity index (χ3n) is 2.96. The summed E-state index contributed by atoms with van der Waals surface area (Å²) in [5.74, 6) is 1.50. The summed E-state index contributed by atoms with van der Waals surface area (Å²) >= 11 is 0. The topological polar surface area (TPSA) is 27.1 Å². The molecule has 0 aliphatic heterocycles. The van der Waals surface area contributed by atoms with Gasteiger partial charge in [-0.3, -0.25) is 4.68 Å². The van der Waals surface area contributed by atoms with Gasteiger partial charge in [0.25, 0.3) is 0 Å². The van der Waals surface area contributed by atoms with E-state index in [1.54, 1.807) is 0 Å². The van der Waals surface area contributed by atoms with E-state index in [1.807, 2.05) is 36.3 Å². The van der Waals surface area contributed by atoms with Crippen molar-refractivity contribution in [3.05, 3.63) is 47.8 Å². The fraction of sp³-hybridized carbons (Fsp3) is 0.400. The summed E-state index contributed by atoms with van der Waals surface area (Å²) in [6.07, 6.45) is 4.79. The molecule has 96 valence electrons. The maximum Gasteiger partial charge on any atom is 0.119 e. The standard InChI is InChI=1S/C15H20N2O/c1-12(2)14-4-6-15(7-5-14)18-9-8-13-10-16-17(3)11-13/h4-7,10-12H,8-9H2,1-3H3. The Bertz CT molecular complexity index is 485. The van der Waals surface area contributed by atoms with E-state index in [2.05, 4.69) is 31.1 Å². The molecule has 0 fully saturated rings. The molecule has 0 unspecified atom stereocenters. The van der Waals surface area contributed by atoms with Gasteiger partial charge in [-0.05, 0) is 29.2 Å². The van der Waals surface area contributed by atoms with Crippen LogP contribution in [-0.4, -0.2) is 16.4 Å². The Labute approximate surface area is 108 Å². The molecule has 3 nitrogen and oxygen atoms in total. The quantitative estimate of drug-likeness (QED) is 0.807. The first-order chi connectivity index (χ1) is 8.65. The first-order valence-corrected chi connectivity index (χ1v) is 6.35. The van der Waals surface area contributed by atoms with Crippen LogP contribution in [0.25, 0.3) is 0 Å². The Balaban J connectivity index is 1.83. The average Bonchev–Trinajstić information content (AvgIpc) is 2.76. The van der Waals surface area contributed by atoms with Crippen LogP contribution >= 0.6 is 0 Å². The molecule has 2 aromatic rings. The molecule has 3 heteroatoms. The van der Waals surface area contributed by atoms with E-state index in [4.69, 9.17) is 4.74 Å². The minimum atomic E-state index is 0.564. The Hall–Kier alpha value is -1.77. The first kappa shape index (κ1) is 12.7. The van der Waals surface area contributed by atoms with Gasteiger partial charge < -0.3 is 4.74 Å². The highest BCUT2D eigenvalue weighted by molar-refractivity contribution is 5.28. The minimum absolute atomic E-state index is 0.564. The molecule has 0 aliphatic rings. The lowest BCUT2D eigenvalue weighted by Gasteiger charge is -2.08. The van der Waals surface area contributed by atoms with Crippen molar-refractivity contribution in [1.29, 1.82) is 0 Å². The second kappa shape index (κ2) is 5.71. The summed E-state index contributed by atoms with van der Waals surface area (Å²) < 4.78 is 7.53. The molecule has 0 aliphatic carbocycles. The normalized spacial score (nSPS) is 10.9. The van der Waals surface area contributed by atoms with Crippen molar-refractivity contribution in [2.45, 2.75) is 26.2 Å². The SMILES string of the molecule is CC(C)c1ccc(OCCc2cnn(C)c2)cc1. The first-order valence-electron chi connectivity index (χ1n) is 6.35. The summed E-state index contributed by atoms with van der Waals surface area (Å²) in [6.45, 7) is 5.07. The molecule has 1 aromatic carbocycles. The van der Waals surface area contributed by atoms with Gasteiger partial charge >= 0.3 is 0 Å². The Morgan fingerprint density at radius 2 is 1.94 bits per heavy atom. The number of hydrogen-bond donors (Lipinski definition) is 0. The highest BCUT2D eigenvalue weighted by Gasteiger charge is 2.00. The number of hydrogen-bond acceptors (Lipinski definition) is 2. The molecule has 1 aromatic heterocycles. The number of nitrogens with zero attached hydrogens (tertiary/aromatic N) is 2. The lowest BCUT2D eigenvalue weighted by atomic mass is 10.0. The van der Waals surface area contributed by atoms with E-state index in [9.17, 15) is 0 Å². The number of ether oxygens (including phenoxy) is 1. The summed E-state index contributed by atoms with van der Waals surface area (Å²) in [6, 6.07) is 8.34. The van der Waals surface area contributed by atoms with Gasteiger partial charge in [-0.15, -0.1) is 0 Å². The van der Waals surface area contributed by atoms with Crippen LogP contribution in [0, 0.1) is 0 Å². The van der Waals surface area contributed by atoms with Gasteiger partial charge in [0.05, 0.1) is 12.8 Å². The van der Waals surface area contributed by atoms with E-state index in [-0.39, 0.29) is 0 Å². The zero-order valence-electron chi connectivity index (χ0n) is 11.3. The van der Waals surface area contributed by atoms with Gasteiger partial charge in [-0.1, -0.05) is 26.0 Å². The van der Waals surface area contributed by atoms with Gasteiger partial charge in [0.15, 0.2) is 0 Å². The molecule has 0 N–H and O–H groups in total. The lowest BCUT2D eigenvalue weighted by molar-refractivity contribution is 0.322. The van der Waals surface area contributed by atoms with E-state index >= 15 is 0 Å². The van der Waals surface area contributed by atoms with Crippen LogP contribution in [0.1, 0.15) is 30.9 Å². The number of rotatable bonds is 5. The number of benzene rings is 1. The van der Waals surface area contributed by atoms with E-state index < -0.39 is 0 Å². The lowest BCUT2D eigenvalue weighted by Crippen LogP contribution is -2.00. The number of aryl methyl sites for hydroxylation is 1. The van der Waals surface area contributed by atoms with Crippen molar-refractivity contribution in [3.8, 4) is 5.75 Å². The van der Waals surface area contributed by atoms with Gasteiger partial charge in [0.2, 0.25) is 0 Å². The molecule has 0 amide bonds. The third-order valence-corrected chi connectivity index (χ3v) is 2.96. The minimum Gasteiger partial charge on any atom is -0.493 e. The molecule has 18 heavy (non-hydrogen) atoms. The van der Waals surface area contributed by atoms with Crippen molar-refractivity contribution in [3.63, 3.8) is 0 Å². The monoisotopic (exact) mass is 244 g/mol. The predicted molar refractivity (Wildman–Crippen MR) is 72.9 cm³/mol. The molecular formula is C15H20N2O. The Morgan fingerprint density at radius 1 is 1.22 bits per heavy atom. The van der Waals surface area contributed by atoms with Crippen molar-refractivity contribution in [2.75, 3.05) is 6.61 Å². The molecule has 0 radical (unpaired) electrons. The van der Waals surface area contributed by atoms with E-state index in [0.717, 1.165) is 12.2 Å². The van der Waals surface area contributed by atoms with Crippen molar-refractivity contribution >= 4 is 0 Å². The van der Waals surface area contributed by atoms with Gasteiger partial charge in [0, 0.05) is 19.7 Å². The third kappa shape index (κ3) is 3.36. The smallest absolute Gasteiger partial charge is 0.119 e. The second-order valence-corrected chi connectivity index (χ2v) is 4.84. The van der Waals surface area contributed by atoms with Crippen LogP contribution in [0.15, 0.2) is 36.7 Å². The second-order valence-electron chi connectivity index (χ2n) is 4.84. The van der Waals surface area contributed by atoms with Crippen molar-refractivity contribution < 1.29 is 4.74 Å². The fourth-order valence-electron chi connectivity index (χ4n) is 1.84. The van der Waals surface area contributed by atoms with Crippen LogP contribution in [0.5, 0.6) is 5.75 Å². The van der Waals surface area contributed by atoms with Crippen molar-refractivity contribution in [1.82, 2.24) is 9.78 Å². The van der Waals surface area contributed by atoms with Crippen LogP contribution < -0.4 is 4.74 Å². The Kier molecular flexibility index (Phi) is 4.03. The zero-order valence-corrected chi connectivity index (χ0v) is 11.3. The fourth-order valence-corrected chi connectivity index (χ4v) is 1.84. The molecule has 0 saturated carbocycles. The van der Waals surface area contributed by atoms with Crippen LogP contribution in [-0.2, 0) is 13.5 Å². The van der Waals surface area contributed by atoms with Gasteiger partial charge in [-0.2, -0.15) is 5.10 Å². The van der Waals surface area contributed by atoms with Crippen LogP contribution in [0.3, 0.4) is 0 Å². The molecule has 0 atom stereocenters. The predicted octanol–water partition coefficient (Wildman–Crippen LogP) is 3.17. The highest BCUT2D eigenvalue weighted by atomic mass is 16.5. The molecule has 0 saturated heterocycles. The van der Waals surface area contributed by atoms with Gasteiger partial charge in [-0.25, -0.2) is 0 Å².